The third-order valence-electron chi connectivity index (χ3n) is 1.80. The summed E-state index contributed by atoms with van der Waals surface area (Å²) in [6, 6.07) is -0.183. The van der Waals surface area contributed by atoms with Crippen molar-refractivity contribution in [3.8, 4) is 0 Å². The molecule has 0 fully saturated rings. The normalized spacial score (nSPS) is 12.1. The van der Waals surface area contributed by atoms with E-state index in [4.69, 9.17) is 11.5 Å². The number of nitrogens with zero attached hydrogens (tertiary/aromatic N) is 1. The topological polar surface area (TPSA) is 111 Å². The maximum absolute atomic E-state index is 11.5. The first-order valence-electron chi connectivity index (χ1n) is 4.78. The summed E-state index contributed by atoms with van der Waals surface area (Å²) in [4.78, 5) is 26.0. The molecule has 0 bridgehead atoms. The van der Waals surface area contributed by atoms with Gasteiger partial charge in [0.05, 0.1) is 6.04 Å². The second-order valence-corrected chi connectivity index (χ2v) is 4.22. The van der Waals surface area contributed by atoms with Crippen molar-refractivity contribution in [1.82, 2.24) is 10.3 Å². The lowest BCUT2D eigenvalue weighted by Crippen LogP contribution is -2.28. The zero-order chi connectivity index (χ0) is 12.1. The number of amides is 2. The predicted octanol–water partition coefficient (Wildman–Crippen LogP) is -0.232. The number of aromatic nitrogens is 1. The van der Waals surface area contributed by atoms with Gasteiger partial charge in [-0.05, 0) is 6.92 Å². The minimum atomic E-state index is -0.449. The number of carbonyl (C=O) groups is 2. The number of nitrogens with two attached hydrogens (primary N) is 2. The van der Waals surface area contributed by atoms with Gasteiger partial charge >= 0.3 is 0 Å². The molecule has 1 aromatic rings. The highest BCUT2D eigenvalue weighted by molar-refractivity contribution is 7.09. The van der Waals surface area contributed by atoms with Crippen molar-refractivity contribution < 1.29 is 9.59 Å². The molecule has 2 amide bonds. The fraction of sp³-hybridized carbons (Fsp3) is 0.444. The molecule has 1 atom stereocenters. The molecule has 5 N–H and O–H groups in total. The van der Waals surface area contributed by atoms with E-state index in [1.165, 1.54) is 11.3 Å². The summed E-state index contributed by atoms with van der Waals surface area (Å²) in [6.45, 7) is 2.02. The van der Waals surface area contributed by atoms with Crippen LogP contribution in [0.15, 0.2) is 5.38 Å². The summed E-state index contributed by atoms with van der Waals surface area (Å²) in [5.74, 6) is -0.765. The highest BCUT2D eigenvalue weighted by atomic mass is 32.1. The van der Waals surface area contributed by atoms with Gasteiger partial charge in [0.1, 0.15) is 10.7 Å². The third-order valence-corrected chi connectivity index (χ3v) is 2.85. The summed E-state index contributed by atoms with van der Waals surface area (Å²) < 4.78 is 0. The summed E-state index contributed by atoms with van der Waals surface area (Å²) in [5, 5.41) is 4.89. The second kappa shape index (κ2) is 5.57. The van der Waals surface area contributed by atoms with Crippen molar-refractivity contribution in [1.29, 1.82) is 0 Å². The molecule has 7 heteroatoms. The monoisotopic (exact) mass is 242 g/mol. The molecule has 16 heavy (non-hydrogen) atoms. The molecular weight excluding hydrogens is 228 g/mol. The highest BCUT2D eigenvalue weighted by Crippen LogP contribution is 2.15. The Balaban J connectivity index is 2.49. The van der Waals surface area contributed by atoms with Crippen LogP contribution >= 0.6 is 11.3 Å². The molecule has 1 aromatic heterocycles. The number of primary amides is 1. The number of thiazole rings is 1. The molecular formula is C9H14N4O2S. The lowest BCUT2D eigenvalue weighted by molar-refractivity contribution is -0.117. The zero-order valence-corrected chi connectivity index (χ0v) is 9.71. The lowest BCUT2D eigenvalue weighted by Gasteiger charge is -2.00. The van der Waals surface area contributed by atoms with Crippen molar-refractivity contribution in [2.24, 2.45) is 11.5 Å². The predicted molar refractivity (Wildman–Crippen MR) is 60.9 cm³/mol. The minimum absolute atomic E-state index is 0.121. The van der Waals surface area contributed by atoms with Crippen LogP contribution in [0.2, 0.25) is 0 Å². The molecule has 88 valence electrons. The maximum atomic E-state index is 11.5. The van der Waals surface area contributed by atoms with Crippen molar-refractivity contribution in [3.63, 3.8) is 0 Å². The van der Waals surface area contributed by atoms with E-state index in [0.29, 0.717) is 10.7 Å². The number of hydrogen-bond donors (Lipinski definition) is 3. The molecule has 0 radical (unpaired) electrons. The largest absolute Gasteiger partial charge is 0.370 e. The SMILES string of the molecule is CC(N)c1nc(C(=O)NCCC(N)=O)cs1. The molecule has 0 aromatic carbocycles. The van der Waals surface area contributed by atoms with Gasteiger partial charge in [0.25, 0.3) is 5.91 Å². The Morgan fingerprint density at radius 3 is 2.81 bits per heavy atom. The van der Waals surface area contributed by atoms with Crippen molar-refractivity contribution >= 4 is 23.2 Å². The molecule has 1 rings (SSSR count). The molecule has 0 spiro atoms. The molecule has 0 aliphatic rings. The molecule has 6 nitrogen and oxygen atoms in total. The molecule has 0 saturated heterocycles. The van der Waals surface area contributed by atoms with Crippen LogP contribution in [-0.2, 0) is 4.79 Å². The van der Waals surface area contributed by atoms with E-state index in [0.717, 1.165) is 0 Å². The number of hydrogen-bond acceptors (Lipinski definition) is 5. The van der Waals surface area contributed by atoms with Gasteiger partial charge in [-0.3, -0.25) is 9.59 Å². The third kappa shape index (κ3) is 3.59. The Bertz CT molecular complexity index is 389. The van der Waals surface area contributed by atoms with Crippen LogP contribution in [0.1, 0.15) is 34.9 Å². The van der Waals surface area contributed by atoms with Gasteiger partial charge in [-0.25, -0.2) is 4.98 Å². The average Bonchev–Trinajstić information content (AvgIpc) is 2.65. The minimum Gasteiger partial charge on any atom is -0.370 e. The van der Waals surface area contributed by atoms with Crippen LogP contribution in [0, 0.1) is 0 Å². The summed E-state index contributed by atoms with van der Waals surface area (Å²) >= 11 is 1.34. The number of nitrogens with one attached hydrogen (secondary N) is 1. The quantitative estimate of drug-likeness (QED) is 0.662. The van der Waals surface area contributed by atoms with Crippen LogP contribution in [0.25, 0.3) is 0 Å². The first-order valence-corrected chi connectivity index (χ1v) is 5.66. The van der Waals surface area contributed by atoms with Gasteiger partial charge in [-0.1, -0.05) is 0 Å². The van der Waals surface area contributed by atoms with Gasteiger partial charge in [0, 0.05) is 18.3 Å². The van der Waals surface area contributed by atoms with Crippen molar-refractivity contribution in [2.45, 2.75) is 19.4 Å². The second-order valence-electron chi connectivity index (χ2n) is 3.33. The smallest absolute Gasteiger partial charge is 0.270 e. The van der Waals surface area contributed by atoms with Crippen LogP contribution < -0.4 is 16.8 Å². The van der Waals surface area contributed by atoms with E-state index in [2.05, 4.69) is 10.3 Å². The first kappa shape index (κ1) is 12.6. The van der Waals surface area contributed by atoms with Crippen LogP contribution in [0.3, 0.4) is 0 Å². The van der Waals surface area contributed by atoms with Crippen molar-refractivity contribution in [2.75, 3.05) is 6.54 Å². The van der Waals surface area contributed by atoms with Gasteiger partial charge < -0.3 is 16.8 Å². The van der Waals surface area contributed by atoms with Crippen LogP contribution in [0.4, 0.5) is 0 Å². The molecule has 1 heterocycles. The lowest BCUT2D eigenvalue weighted by atomic mass is 10.3. The molecule has 0 aliphatic carbocycles. The fourth-order valence-corrected chi connectivity index (χ4v) is 1.75. The van der Waals surface area contributed by atoms with Gasteiger partial charge in [-0.2, -0.15) is 0 Å². The average molecular weight is 242 g/mol. The van der Waals surface area contributed by atoms with Gasteiger partial charge in [0.2, 0.25) is 5.91 Å². The number of rotatable bonds is 5. The zero-order valence-electron chi connectivity index (χ0n) is 8.90. The summed E-state index contributed by atoms with van der Waals surface area (Å²) in [6.07, 6.45) is 0.121. The van der Waals surface area contributed by atoms with Crippen LogP contribution in [0.5, 0.6) is 0 Å². The Morgan fingerprint density at radius 1 is 1.62 bits per heavy atom. The first-order chi connectivity index (χ1) is 7.50. The summed E-state index contributed by atoms with van der Waals surface area (Å²) in [7, 11) is 0. The number of carbonyl (C=O) groups excluding carboxylic acids is 2. The molecule has 1 unspecified atom stereocenters. The Labute approximate surface area is 97.0 Å². The van der Waals surface area contributed by atoms with E-state index in [9.17, 15) is 9.59 Å². The van der Waals surface area contributed by atoms with Gasteiger partial charge in [-0.15, -0.1) is 11.3 Å². The Hall–Kier alpha value is -1.47. The maximum Gasteiger partial charge on any atom is 0.270 e. The van der Waals surface area contributed by atoms with E-state index >= 15 is 0 Å². The van der Waals surface area contributed by atoms with E-state index in [-0.39, 0.29) is 24.9 Å². The summed E-state index contributed by atoms with van der Waals surface area (Å²) in [5.41, 5.74) is 10.9. The molecule has 0 aliphatic heterocycles. The van der Waals surface area contributed by atoms with Crippen LogP contribution in [-0.4, -0.2) is 23.3 Å². The standard InChI is InChI=1S/C9H14N4O2S/c1-5(10)9-13-6(4-16-9)8(15)12-3-2-7(11)14/h4-5H,2-3,10H2,1H3,(H2,11,14)(H,12,15). The Kier molecular flexibility index (Phi) is 4.39. The van der Waals surface area contributed by atoms with Crippen molar-refractivity contribution in [3.05, 3.63) is 16.1 Å². The Morgan fingerprint density at radius 2 is 2.31 bits per heavy atom. The van der Waals surface area contributed by atoms with E-state index in [1.54, 1.807) is 12.3 Å². The molecule has 0 saturated carbocycles. The van der Waals surface area contributed by atoms with E-state index < -0.39 is 5.91 Å². The highest BCUT2D eigenvalue weighted by Gasteiger charge is 2.12. The fourth-order valence-electron chi connectivity index (χ4n) is 0.991. The van der Waals surface area contributed by atoms with Gasteiger partial charge in [0.15, 0.2) is 0 Å². The van der Waals surface area contributed by atoms with E-state index in [1.807, 2.05) is 0 Å².